The number of aromatic nitrogens is 3. The van der Waals surface area contributed by atoms with Crippen molar-refractivity contribution in [2.75, 3.05) is 7.11 Å². The zero-order valence-corrected chi connectivity index (χ0v) is 13.1. The van der Waals surface area contributed by atoms with E-state index in [4.69, 9.17) is 4.74 Å². The van der Waals surface area contributed by atoms with Gasteiger partial charge in [0.2, 0.25) is 0 Å². The molecule has 0 aliphatic heterocycles. The number of carbonyl (C=O) groups is 1. The highest BCUT2D eigenvalue weighted by molar-refractivity contribution is 5.73. The van der Waals surface area contributed by atoms with Gasteiger partial charge in [0, 0.05) is 23.0 Å². The normalized spacial score (nSPS) is 10.5. The van der Waals surface area contributed by atoms with Crippen LogP contribution in [0.25, 0.3) is 22.5 Å². The molecule has 0 aliphatic carbocycles. The second kappa shape index (κ2) is 6.44. The molecule has 0 spiro atoms. The molecule has 0 amide bonds. The average molecular weight is 307 g/mol. The van der Waals surface area contributed by atoms with Crippen molar-refractivity contribution in [3.8, 4) is 22.5 Å². The van der Waals surface area contributed by atoms with Crippen LogP contribution in [-0.4, -0.2) is 27.8 Å². The molecule has 0 fully saturated rings. The lowest BCUT2D eigenvalue weighted by Crippen LogP contribution is -2.13. The Balaban J connectivity index is 2.09. The maximum atomic E-state index is 11.7. The molecule has 0 bridgehead atoms. The van der Waals surface area contributed by atoms with Crippen LogP contribution in [0.4, 0.5) is 0 Å². The Bertz CT molecular complexity index is 825. The Kier molecular flexibility index (Phi) is 4.19. The zero-order chi connectivity index (χ0) is 16.2. The number of aryl methyl sites for hydroxylation is 1. The number of ether oxygens (including phenoxy) is 1. The van der Waals surface area contributed by atoms with E-state index in [9.17, 15) is 4.79 Å². The van der Waals surface area contributed by atoms with Crippen LogP contribution in [0.3, 0.4) is 0 Å². The van der Waals surface area contributed by atoms with E-state index in [1.165, 1.54) is 7.11 Å². The van der Waals surface area contributed by atoms with E-state index in [1.807, 2.05) is 55.5 Å². The molecule has 1 aromatic carbocycles. The maximum absolute atomic E-state index is 11.7. The minimum Gasteiger partial charge on any atom is -0.468 e. The molecule has 0 atom stereocenters. The molecule has 3 aromatic rings. The fraction of sp³-hybridized carbons (Fsp3) is 0.167. The number of esters is 1. The van der Waals surface area contributed by atoms with Crippen molar-refractivity contribution in [2.45, 2.75) is 13.5 Å². The fourth-order valence-electron chi connectivity index (χ4n) is 2.41. The van der Waals surface area contributed by atoms with Gasteiger partial charge in [-0.25, -0.2) is 0 Å². The minimum absolute atomic E-state index is 0.0695. The number of methoxy groups -OCH3 is 1. The van der Waals surface area contributed by atoms with Crippen LogP contribution in [0.2, 0.25) is 0 Å². The summed E-state index contributed by atoms with van der Waals surface area (Å²) in [5.74, 6) is -0.334. The Morgan fingerprint density at radius 1 is 1.13 bits per heavy atom. The number of hydrogen-bond donors (Lipinski definition) is 0. The Labute approximate surface area is 134 Å². The lowest BCUT2D eigenvalue weighted by atomic mass is 10.1. The molecule has 0 saturated heterocycles. The van der Waals surface area contributed by atoms with Crippen LogP contribution >= 0.6 is 0 Å². The van der Waals surface area contributed by atoms with E-state index < -0.39 is 0 Å². The first-order valence-electron chi connectivity index (χ1n) is 7.30. The third kappa shape index (κ3) is 3.29. The van der Waals surface area contributed by atoms with Gasteiger partial charge >= 0.3 is 5.97 Å². The van der Waals surface area contributed by atoms with Crippen molar-refractivity contribution < 1.29 is 9.53 Å². The monoisotopic (exact) mass is 307 g/mol. The van der Waals surface area contributed by atoms with Crippen LogP contribution in [0.15, 0.2) is 54.7 Å². The lowest BCUT2D eigenvalue weighted by molar-refractivity contribution is -0.141. The summed E-state index contributed by atoms with van der Waals surface area (Å²) in [6.07, 6.45) is 1.75. The predicted molar refractivity (Wildman–Crippen MR) is 87.6 cm³/mol. The van der Waals surface area contributed by atoms with E-state index in [0.29, 0.717) is 0 Å². The van der Waals surface area contributed by atoms with Crippen molar-refractivity contribution in [3.05, 3.63) is 60.4 Å². The first-order chi connectivity index (χ1) is 11.2. The molecule has 23 heavy (non-hydrogen) atoms. The maximum Gasteiger partial charge on any atom is 0.327 e. The third-order valence-corrected chi connectivity index (χ3v) is 3.55. The second-order valence-corrected chi connectivity index (χ2v) is 5.20. The van der Waals surface area contributed by atoms with Crippen LogP contribution in [0.1, 0.15) is 5.69 Å². The van der Waals surface area contributed by atoms with Gasteiger partial charge in [-0.2, -0.15) is 5.10 Å². The molecule has 0 unspecified atom stereocenters. The first kappa shape index (κ1) is 15.0. The molecule has 0 radical (unpaired) electrons. The van der Waals surface area contributed by atoms with Crippen LogP contribution < -0.4 is 0 Å². The summed E-state index contributed by atoms with van der Waals surface area (Å²) in [5, 5.41) is 4.57. The standard InChI is InChI=1S/C18H17N3O2/c1-13-10-15(8-9-19-13)17-11-16(14-6-4-3-5-7-14)20-21(17)12-18(22)23-2/h3-11H,12H2,1-2H3. The third-order valence-electron chi connectivity index (χ3n) is 3.55. The van der Waals surface area contributed by atoms with E-state index >= 15 is 0 Å². The van der Waals surface area contributed by atoms with Gasteiger partial charge in [-0.15, -0.1) is 0 Å². The summed E-state index contributed by atoms with van der Waals surface area (Å²) < 4.78 is 6.44. The van der Waals surface area contributed by atoms with Gasteiger partial charge in [-0.3, -0.25) is 14.5 Å². The van der Waals surface area contributed by atoms with Gasteiger partial charge in [-0.1, -0.05) is 30.3 Å². The molecular formula is C18H17N3O2. The largest absolute Gasteiger partial charge is 0.468 e. The van der Waals surface area contributed by atoms with E-state index in [0.717, 1.165) is 28.2 Å². The summed E-state index contributed by atoms with van der Waals surface area (Å²) in [7, 11) is 1.38. The van der Waals surface area contributed by atoms with Gasteiger partial charge in [0.1, 0.15) is 6.54 Å². The number of pyridine rings is 1. The Hall–Kier alpha value is -2.95. The predicted octanol–water partition coefficient (Wildman–Crippen LogP) is 3.09. The van der Waals surface area contributed by atoms with E-state index in [-0.39, 0.29) is 12.5 Å². The number of nitrogens with zero attached hydrogens (tertiary/aromatic N) is 3. The van der Waals surface area contributed by atoms with Gasteiger partial charge in [-0.05, 0) is 25.1 Å². The summed E-state index contributed by atoms with van der Waals surface area (Å²) >= 11 is 0. The van der Waals surface area contributed by atoms with Gasteiger partial charge in [0.05, 0.1) is 18.5 Å². The van der Waals surface area contributed by atoms with E-state index in [2.05, 4.69) is 10.1 Å². The Morgan fingerprint density at radius 2 is 1.91 bits per heavy atom. The number of carbonyl (C=O) groups excluding carboxylic acids is 1. The molecule has 2 heterocycles. The molecular weight excluding hydrogens is 290 g/mol. The highest BCUT2D eigenvalue weighted by Crippen LogP contribution is 2.26. The van der Waals surface area contributed by atoms with E-state index in [1.54, 1.807) is 10.9 Å². The molecule has 5 heteroatoms. The van der Waals surface area contributed by atoms with Crippen molar-refractivity contribution in [1.29, 1.82) is 0 Å². The fourth-order valence-corrected chi connectivity index (χ4v) is 2.41. The second-order valence-electron chi connectivity index (χ2n) is 5.20. The molecule has 2 aromatic heterocycles. The van der Waals surface area contributed by atoms with Crippen molar-refractivity contribution in [1.82, 2.24) is 14.8 Å². The van der Waals surface area contributed by atoms with Crippen molar-refractivity contribution in [3.63, 3.8) is 0 Å². The Morgan fingerprint density at radius 3 is 2.61 bits per heavy atom. The minimum atomic E-state index is -0.334. The molecule has 0 N–H and O–H groups in total. The van der Waals surface area contributed by atoms with Gasteiger partial charge in [0.15, 0.2) is 0 Å². The van der Waals surface area contributed by atoms with Crippen LogP contribution in [0.5, 0.6) is 0 Å². The first-order valence-corrected chi connectivity index (χ1v) is 7.30. The van der Waals surface area contributed by atoms with Crippen molar-refractivity contribution in [2.24, 2.45) is 0 Å². The zero-order valence-electron chi connectivity index (χ0n) is 13.1. The average Bonchev–Trinajstić information content (AvgIpc) is 2.99. The number of rotatable bonds is 4. The molecule has 116 valence electrons. The SMILES string of the molecule is COC(=O)Cn1nc(-c2ccccc2)cc1-c1ccnc(C)c1. The summed E-state index contributed by atoms with van der Waals surface area (Å²) in [5.41, 5.74) is 4.56. The summed E-state index contributed by atoms with van der Waals surface area (Å²) in [6.45, 7) is 2.00. The number of benzene rings is 1. The highest BCUT2D eigenvalue weighted by atomic mass is 16.5. The van der Waals surface area contributed by atoms with Crippen LogP contribution in [-0.2, 0) is 16.1 Å². The quantitative estimate of drug-likeness (QED) is 0.695. The van der Waals surface area contributed by atoms with Gasteiger partial charge in [0.25, 0.3) is 0 Å². The summed E-state index contributed by atoms with van der Waals surface area (Å²) in [6, 6.07) is 15.7. The summed E-state index contributed by atoms with van der Waals surface area (Å²) in [4.78, 5) is 15.9. The van der Waals surface area contributed by atoms with Crippen molar-refractivity contribution >= 4 is 5.97 Å². The lowest BCUT2D eigenvalue weighted by Gasteiger charge is -2.06. The molecule has 3 rings (SSSR count). The van der Waals surface area contributed by atoms with Crippen LogP contribution in [0, 0.1) is 6.92 Å². The molecule has 0 aliphatic rings. The molecule has 0 saturated carbocycles. The molecule has 5 nitrogen and oxygen atoms in total. The highest BCUT2D eigenvalue weighted by Gasteiger charge is 2.14. The van der Waals surface area contributed by atoms with Gasteiger partial charge < -0.3 is 4.74 Å². The number of hydrogen-bond acceptors (Lipinski definition) is 4. The topological polar surface area (TPSA) is 57.0 Å². The smallest absolute Gasteiger partial charge is 0.327 e.